The molecule has 1 heterocycles. The number of rotatable bonds is 9. The molecule has 4 aromatic rings. The van der Waals surface area contributed by atoms with E-state index in [0.717, 1.165) is 5.56 Å². The van der Waals surface area contributed by atoms with Crippen LogP contribution in [0.3, 0.4) is 0 Å². The fraction of sp³-hybridized carbons (Fsp3) is 0.103. The van der Waals surface area contributed by atoms with Gasteiger partial charge in [-0.25, -0.2) is 9.37 Å². The molecule has 0 saturated heterocycles. The van der Waals surface area contributed by atoms with Crippen LogP contribution in [0.5, 0.6) is 17.4 Å². The molecule has 0 saturated carbocycles. The first-order chi connectivity index (χ1) is 18.3. The molecule has 8 nitrogen and oxygen atoms in total. The van der Waals surface area contributed by atoms with Gasteiger partial charge in [0, 0.05) is 24.4 Å². The lowest BCUT2D eigenvalue weighted by Gasteiger charge is -2.13. The third-order valence-electron chi connectivity index (χ3n) is 5.57. The number of nitriles is 1. The Morgan fingerprint density at radius 3 is 2.55 bits per heavy atom. The van der Waals surface area contributed by atoms with Gasteiger partial charge >= 0.3 is 0 Å². The van der Waals surface area contributed by atoms with Gasteiger partial charge in [-0.05, 0) is 60.5 Å². The highest BCUT2D eigenvalue weighted by molar-refractivity contribution is 5.96. The van der Waals surface area contributed by atoms with Gasteiger partial charge in [0.25, 0.3) is 11.8 Å². The van der Waals surface area contributed by atoms with Crippen molar-refractivity contribution in [3.05, 3.63) is 108 Å². The largest absolute Gasteiger partial charge is 0.481 e. The minimum Gasteiger partial charge on any atom is -0.481 e. The number of hydrogen-bond acceptors (Lipinski definition) is 6. The van der Waals surface area contributed by atoms with Crippen LogP contribution in [0.1, 0.15) is 28.4 Å². The Bertz CT molecular complexity index is 1520. The first-order valence-electron chi connectivity index (χ1n) is 11.6. The third-order valence-corrected chi connectivity index (χ3v) is 5.57. The summed E-state index contributed by atoms with van der Waals surface area (Å²) < 4.78 is 25.8. The molecule has 0 radical (unpaired) electrons. The molecule has 1 atom stereocenters. The van der Waals surface area contributed by atoms with Crippen molar-refractivity contribution in [3.8, 4) is 34.6 Å². The maximum absolute atomic E-state index is 14.7. The van der Waals surface area contributed by atoms with Gasteiger partial charge in [-0.15, -0.1) is 0 Å². The Labute approximate surface area is 218 Å². The predicted octanol–water partition coefficient (Wildman–Crippen LogP) is 4.73. The van der Waals surface area contributed by atoms with Gasteiger partial charge < -0.3 is 20.5 Å². The molecule has 0 aliphatic rings. The molecule has 38 heavy (non-hydrogen) atoms. The van der Waals surface area contributed by atoms with E-state index in [1.54, 1.807) is 72.8 Å². The lowest BCUT2D eigenvalue weighted by Crippen LogP contribution is -2.30. The van der Waals surface area contributed by atoms with Gasteiger partial charge in [0.05, 0.1) is 11.6 Å². The maximum Gasteiger partial charge on any atom is 0.258 e. The Kier molecular flexibility index (Phi) is 7.94. The number of aromatic nitrogens is 1. The summed E-state index contributed by atoms with van der Waals surface area (Å²) in [6, 6.07) is 23.2. The number of pyridine rings is 1. The molecule has 1 unspecified atom stereocenters. The first kappa shape index (κ1) is 25.9. The van der Waals surface area contributed by atoms with Crippen molar-refractivity contribution in [2.45, 2.75) is 19.6 Å². The van der Waals surface area contributed by atoms with Crippen LogP contribution in [0.2, 0.25) is 0 Å². The predicted molar refractivity (Wildman–Crippen MR) is 138 cm³/mol. The molecule has 0 aliphatic carbocycles. The zero-order valence-corrected chi connectivity index (χ0v) is 20.4. The van der Waals surface area contributed by atoms with E-state index in [0.29, 0.717) is 22.4 Å². The zero-order valence-electron chi connectivity index (χ0n) is 20.4. The van der Waals surface area contributed by atoms with E-state index >= 15 is 0 Å². The molecule has 0 aliphatic heterocycles. The first-order valence-corrected chi connectivity index (χ1v) is 11.6. The van der Waals surface area contributed by atoms with Gasteiger partial charge in [0.1, 0.15) is 22.9 Å². The average Bonchev–Trinajstić information content (AvgIpc) is 2.92. The summed E-state index contributed by atoms with van der Waals surface area (Å²) in [7, 11) is 0. The summed E-state index contributed by atoms with van der Waals surface area (Å²) >= 11 is 0. The maximum atomic E-state index is 14.7. The quantitative estimate of drug-likeness (QED) is 0.335. The summed E-state index contributed by atoms with van der Waals surface area (Å²) in [5.41, 5.74) is 7.63. The van der Waals surface area contributed by atoms with Crippen molar-refractivity contribution in [2.24, 2.45) is 5.73 Å². The van der Waals surface area contributed by atoms with Crippen LogP contribution < -0.4 is 20.5 Å². The van der Waals surface area contributed by atoms with Crippen molar-refractivity contribution in [2.75, 3.05) is 0 Å². The Balaban J connectivity index is 1.41. The number of halogens is 1. The molecule has 2 amide bonds. The van der Waals surface area contributed by atoms with Gasteiger partial charge in [0.2, 0.25) is 5.88 Å². The molecular weight excluding hydrogens is 487 g/mol. The summed E-state index contributed by atoms with van der Waals surface area (Å²) in [5, 5.41) is 11.9. The summed E-state index contributed by atoms with van der Waals surface area (Å²) in [6.45, 7) is 1.71. The molecule has 0 spiro atoms. The van der Waals surface area contributed by atoms with Gasteiger partial charge in [-0.1, -0.05) is 30.3 Å². The standard InChI is InChI=1S/C29H23FN4O4/c1-18(27(32)35)37-23-11-12-24(26(30)15-23)21-9-7-19(8-10-21)17-34-28(36)25-6-3-13-33-29(25)38-22-5-2-4-20(14-22)16-31/h2-15,18H,17H2,1H3,(H2,32,35)(H,34,36). The number of carbonyl (C=O) groups excluding carboxylic acids is 2. The molecule has 4 rings (SSSR count). The van der Waals surface area contributed by atoms with E-state index in [-0.39, 0.29) is 29.6 Å². The van der Waals surface area contributed by atoms with Crippen LogP contribution in [-0.4, -0.2) is 22.9 Å². The number of ether oxygens (including phenoxy) is 2. The molecular formula is C29H23FN4O4. The highest BCUT2D eigenvalue weighted by Crippen LogP contribution is 2.27. The second-order valence-corrected chi connectivity index (χ2v) is 8.28. The molecule has 9 heteroatoms. The number of amides is 2. The number of carbonyl (C=O) groups is 2. The number of hydrogen-bond donors (Lipinski definition) is 2. The van der Waals surface area contributed by atoms with Gasteiger partial charge in [0.15, 0.2) is 6.10 Å². The minimum absolute atomic E-state index is 0.114. The van der Waals surface area contributed by atoms with E-state index in [4.69, 9.17) is 20.5 Å². The summed E-state index contributed by atoms with van der Waals surface area (Å²) in [5.74, 6) is -0.835. The molecule has 190 valence electrons. The van der Waals surface area contributed by atoms with E-state index in [2.05, 4.69) is 10.3 Å². The van der Waals surface area contributed by atoms with Crippen LogP contribution in [0, 0.1) is 17.1 Å². The number of nitrogens with two attached hydrogens (primary N) is 1. The number of primary amides is 1. The zero-order chi connectivity index (χ0) is 27.1. The van der Waals surface area contributed by atoms with Gasteiger partial charge in [-0.3, -0.25) is 9.59 Å². The second kappa shape index (κ2) is 11.7. The topological polar surface area (TPSA) is 127 Å². The number of nitrogens with one attached hydrogen (secondary N) is 1. The lowest BCUT2D eigenvalue weighted by molar-refractivity contribution is -0.123. The Morgan fingerprint density at radius 2 is 1.84 bits per heavy atom. The smallest absolute Gasteiger partial charge is 0.258 e. The Hall–Kier alpha value is -5.23. The van der Waals surface area contributed by atoms with Crippen molar-refractivity contribution in [1.82, 2.24) is 10.3 Å². The minimum atomic E-state index is -0.876. The average molecular weight is 511 g/mol. The third kappa shape index (κ3) is 6.30. The molecule has 0 fully saturated rings. The SMILES string of the molecule is CC(Oc1ccc(-c2ccc(CNC(=O)c3cccnc3Oc3cccc(C#N)c3)cc2)c(F)c1)C(N)=O. The van der Waals surface area contributed by atoms with Crippen LogP contribution in [0.25, 0.3) is 11.1 Å². The number of benzene rings is 3. The van der Waals surface area contributed by atoms with E-state index in [1.807, 2.05) is 6.07 Å². The lowest BCUT2D eigenvalue weighted by atomic mass is 10.0. The molecule has 3 aromatic carbocycles. The van der Waals surface area contributed by atoms with Crippen LogP contribution >= 0.6 is 0 Å². The van der Waals surface area contributed by atoms with Crippen LogP contribution in [-0.2, 0) is 11.3 Å². The fourth-order valence-corrected chi connectivity index (χ4v) is 3.53. The molecule has 0 bridgehead atoms. The monoisotopic (exact) mass is 510 g/mol. The van der Waals surface area contributed by atoms with E-state index in [9.17, 15) is 14.0 Å². The van der Waals surface area contributed by atoms with Crippen molar-refractivity contribution >= 4 is 11.8 Å². The molecule has 1 aromatic heterocycles. The van der Waals surface area contributed by atoms with Crippen molar-refractivity contribution < 1.29 is 23.5 Å². The fourth-order valence-electron chi connectivity index (χ4n) is 3.53. The van der Waals surface area contributed by atoms with Gasteiger partial charge in [-0.2, -0.15) is 5.26 Å². The second-order valence-electron chi connectivity index (χ2n) is 8.28. The summed E-state index contributed by atoms with van der Waals surface area (Å²) in [6.07, 6.45) is 0.633. The van der Waals surface area contributed by atoms with Crippen LogP contribution in [0.4, 0.5) is 4.39 Å². The van der Waals surface area contributed by atoms with E-state index < -0.39 is 17.8 Å². The normalized spacial score (nSPS) is 11.2. The van der Waals surface area contributed by atoms with Crippen LogP contribution in [0.15, 0.2) is 85.1 Å². The highest BCUT2D eigenvalue weighted by atomic mass is 19.1. The highest BCUT2D eigenvalue weighted by Gasteiger charge is 2.15. The number of nitrogens with zero attached hydrogens (tertiary/aromatic N) is 2. The van der Waals surface area contributed by atoms with E-state index in [1.165, 1.54) is 19.2 Å². The van der Waals surface area contributed by atoms with Crippen molar-refractivity contribution in [3.63, 3.8) is 0 Å². The molecule has 3 N–H and O–H groups in total. The Morgan fingerprint density at radius 1 is 1.05 bits per heavy atom. The van der Waals surface area contributed by atoms with Crippen molar-refractivity contribution in [1.29, 1.82) is 5.26 Å². The summed E-state index contributed by atoms with van der Waals surface area (Å²) in [4.78, 5) is 28.2.